The number of hydrogen-bond donors (Lipinski definition) is 4. The monoisotopic (exact) mass is 662 g/mol. The standard InChI is InChI=1S/C42H79NO4/c1-3-5-7-9-11-13-15-17-19-21-23-25-27-29-31-33-35-37-41(46)43-39(38-44)42(47)40(45)36-34-32-30-28-26-24-22-20-18-16-14-12-10-8-6-4-2/h11,13,17,19,28,30,39-40,42,44-45,47H,3-10,12,14-16,18,20-27,29,31-38H2,1-2H3,(H,43,46)/b13-11-,19-17-,30-28+. The van der Waals surface area contributed by atoms with Gasteiger partial charge in [-0.2, -0.15) is 0 Å². The molecule has 0 bridgehead atoms. The zero-order valence-corrected chi connectivity index (χ0v) is 31.2. The quantitative estimate of drug-likeness (QED) is 0.0397. The molecular weight excluding hydrogens is 582 g/mol. The maximum Gasteiger partial charge on any atom is 0.220 e. The minimum absolute atomic E-state index is 0.164. The van der Waals surface area contributed by atoms with Crippen molar-refractivity contribution >= 4 is 5.91 Å². The lowest BCUT2D eigenvalue weighted by atomic mass is 10.0. The van der Waals surface area contributed by atoms with Gasteiger partial charge in [-0.25, -0.2) is 0 Å². The number of aliphatic hydroxyl groups excluding tert-OH is 3. The lowest BCUT2D eigenvalue weighted by Crippen LogP contribution is -2.50. The Balaban J connectivity index is 3.72. The first-order valence-corrected chi connectivity index (χ1v) is 20.3. The van der Waals surface area contributed by atoms with E-state index in [0.29, 0.717) is 12.8 Å². The number of carbonyl (C=O) groups excluding carboxylic acids is 1. The summed E-state index contributed by atoms with van der Waals surface area (Å²) in [5, 5.41) is 33.4. The van der Waals surface area contributed by atoms with Crippen LogP contribution in [0, 0.1) is 0 Å². The Bertz CT molecular complexity index is 734. The third-order valence-electron chi connectivity index (χ3n) is 9.22. The van der Waals surface area contributed by atoms with Gasteiger partial charge in [0, 0.05) is 6.42 Å². The van der Waals surface area contributed by atoms with Gasteiger partial charge >= 0.3 is 0 Å². The van der Waals surface area contributed by atoms with Crippen molar-refractivity contribution in [2.24, 2.45) is 0 Å². The van der Waals surface area contributed by atoms with Gasteiger partial charge in [0.1, 0.15) is 6.10 Å². The van der Waals surface area contributed by atoms with Crippen LogP contribution in [0.4, 0.5) is 0 Å². The van der Waals surface area contributed by atoms with E-state index in [2.05, 4.69) is 55.6 Å². The van der Waals surface area contributed by atoms with Crippen LogP contribution in [0.15, 0.2) is 36.5 Å². The highest BCUT2D eigenvalue weighted by Crippen LogP contribution is 2.14. The van der Waals surface area contributed by atoms with Crippen molar-refractivity contribution in [2.45, 2.75) is 218 Å². The van der Waals surface area contributed by atoms with E-state index in [0.717, 1.165) is 51.4 Å². The van der Waals surface area contributed by atoms with Crippen LogP contribution in [0.1, 0.15) is 200 Å². The Hall–Kier alpha value is -1.43. The second-order valence-electron chi connectivity index (χ2n) is 13.8. The van der Waals surface area contributed by atoms with Gasteiger partial charge in [-0.15, -0.1) is 0 Å². The van der Waals surface area contributed by atoms with Crippen LogP contribution in [0.25, 0.3) is 0 Å². The van der Waals surface area contributed by atoms with Gasteiger partial charge in [0.15, 0.2) is 0 Å². The summed E-state index contributed by atoms with van der Waals surface area (Å²) in [6.45, 7) is 4.13. The number of carbonyl (C=O) groups is 1. The average Bonchev–Trinajstić information content (AvgIpc) is 3.07. The molecule has 0 rings (SSSR count). The molecule has 47 heavy (non-hydrogen) atoms. The molecule has 0 saturated heterocycles. The van der Waals surface area contributed by atoms with E-state index in [1.807, 2.05) is 0 Å². The number of nitrogens with one attached hydrogen (secondary N) is 1. The highest BCUT2D eigenvalue weighted by Gasteiger charge is 2.26. The molecule has 3 atom stereocenters. The zero-order valence-electron chi connectivity index (χ0n) is 31.2. The number of unbranched alkanes of at least 4 members (excludes halogenated alkanes) is 22. The molecule has 0 saturated carbocycles. The van der Waals surface area contributed by atoms with Gasteiger partial charge < -0.3 is 20.6 Å². The SMILES string of the molecule is CCCCC/C=C\C/C=C\CCCCCCCCCC(=O)NC(CO)C(O)C(O)CCC/C=C/CCCCCCCCCCCCC. The highest BCUT2D eigenvalue weighted by molar-refractivity contribution is 5.76. The van der Waals surface area contributed by atoms with E-state index in [4.69, 9.17) is 0 Å². The molecule has 0 aliphatic rings. The van der Waals surface area contributed by atoms with Crippen molar-refractivity contribution in [3.63, 3.8) is 0 Å². The number of allylic oxidation sites excluding steroid dienone is 6. The van der Waals surface area contributed by atoms with Crippen molar-refractivity contribution in [1.82, 2.24) is 5.32 Å². The Kier molecular flexibility index (Phi) is 36.3. The maximum atomic E-state index is 12.4. The van der Waals surface area contributed by atoms with Crippen LogP contribution >= 0.6 is 0 Å². The maximum absolute atomic E-state index is 12.4. The minimum Gasteiger partial charge on any atom is -0.394 e. The molecular formula is C42H79NO4. The first-order chi connectivity index (χ1) is 23.1. The van der Waals surface area contributed by atoms with Crippen LogP contribution in [0.2, 0.25) is 0 Å². The molecule has 5 heteroatoms. The highest BCUT2D eigenvalue weighted by atomic mass is 16.3. The van der Waals surface area contributed by atoms with E-state index in [9.17, 15) is 20.1 Å². The van der Waals surface area contributed by atoms with Crippen molar-refractivity contribution in [3.05, 3.63) is 36.5 Å². The molecule has 0 aromatic rings. The number of hydrogen-bond acceptors (Lipinski definition) is 4. The molecule has 4 N–H and O–H groups in total. The summed E-state index contributed by atoms with van der Waals surface area (Å²) < 4.78 is 0. The minimum atomic E-state index is -1.16. The predicted molar refractivity (Wildman–Crippen MR) is 204 cm³/mol. The number of rotatable bonds is 36. The summed E-state index contributed by atoms with van der Waals surface area (Å²) in [4.78, 5) is 12.4. The van der Waals surface area contributed by atoms with Gasteiger partial charge in [-0.05, 0) is 70.6 Å². The van der Waals surface area contributed by atoms with Crippen LogP contribution in [0.5, 0.6) is 0 Å². The summed E-state index contributed by atoms with van der Waals surface area (Å²) in [5.41, 5.74) is 0. The summed E-state index contributed by atoms with van der Waals surface area (Å²) in [6, 6.07) is -0.829. The number of aliphatic hydroxyl groups is 3. The van der Waals surface area contributed by atoms with Crippen LogP contribution < -0.4 is 5.32 Å². The molecule has 0 fully saturated rings. The summed E-state index contributed by atoms with van der Waals surface area (Å²) in [7, 11) is 0. The van der Waals surface area contributed by atoms with Gasteiger partial charge in [0.05, 0.1) is 18.8 Å². The topological polar surface area (TPSA) is 89.8 Å². The molecule has 0 aliphatic carbocycles. The third-order valence-corrected chi connectivity index (χ3v) is 9.22. The molecule has 0 heterocycles. The van der Waals surface area contributed by atoms with Gasteiger partial charge in [-0.3, -0.25) is 4.79 Å². The second kappa shape index (κ2) is 37.4. The molecule has 0 aromatic heterocycles. The smallest absolute Gasteiger partial charge is 0.220 e. The van der Waals surface area contributed by atoms with E-state index >= 15 is 0 Å². The molecule has 5 nitrogen and oxygen atoms in total. The molecule has 0 spiro atoms. The summed E-state index contributed by atoms with van der Waals surface area (Å²) in [5.74, 6) is -0.164. The molecule has 1 amide bonds. The first-order valence-electron chi connectivity index (χ1n) is 20.3. The van der Waals surface area contributed by atoms with Gasteiger partial charge in [0.2, 0.25) is 5.91 Å². The molecule has 0 aliphatic heterocycles. The number of amides is 1. The van der Waals surface area contributed by atoms with E-state index in [1.54, 1.807) is 0 Å². The van der Waals surface area contributed by atoms with Crippen molar-refractivity contribution in [2.75, 3.05) is 6.61 Å². The second-order valence-corrected chi connectivity index (χ2v) is 13.8. The summed E-state index contributed by atoms with van der Waals surface area (Å²) >= 11 is 0. The zero-order chi connectivity index (χ0) is 34.5. The van der Waals surface area contributed by atoms with E-state index < -0.39 is 18.2 Å². The molecule has 0 aromatic carbocycles. The first kappa shape index (κ1) is 45.6. The Morgan fingerprint density at radius 2 is 0.915 bits per heavy atom. The van der Waals surface area contributed by atoms with Crippen LogP contribution in [0.3, 0.4) is 0 Å². The van der Waals surface area contributed by atoms with Crippen molar-refractivity contribution in [1.29, 1.82) is 0 Å². The Morgan fingerprint density at radius 1 is 0.532 bits per heavy atom. The fourth-order valence-electron chi connectivity index (χ4n) is 6.01. The van der Waals surface area contributed by atoms with Crippen LogP contribution in [-0.2, 0) is 4.79 Å². The van der Waals surface area contributed by atoms with Crippen molar-refractivity contribution in [3.8, 4) is 0 Å². The molecule has 3 unspecified atom stereocenters. The van der Waals surface area contributed by atoms with E-state index in [1.165, 1.54) is 122 Å². The lowest BCUT2D eigenvalue weighted by Gasteiger charge is -2.26. The molecule has 276 valence electrons. The predicted octanol–water partition coefficient (Wildman–Crippen LogP) is 11.2. The van der Waals surface area contributed by atoms with Gasteiger partial charge in [0.25, 0.3) is 0 Å². The average molecular weight is 662 g/mol. The lowest BCUT2D eigenvalue weighted by molar-refractivity contribution is -0.124. The normalized spacial score (nSPS) is 14.1. The van der Waals surface area contributed by atoms with E-state index in [-0.39, 0.29) is 12.5 Å². The van der Waals surface area contributed by atoms with Gasteiger partial charge in [-0.1, -0.05) is 159 Å². The fraction of sp³-hybridized carbons (Fsp3) is 0.833. The van der Waals surface area contributed by atoms with Crippen molar-refractivity contribution < 1.29 is 20.1 Å². The third kappa shape index (κ3) is 32.9. The molecule has 0 radical (unpaired) electrons. The summed E-state index contributed by atoms with van der Waals surface area (Å²) in [6.07, 6.45) is 45.2. The Labute approximate surface area is 292 Å². The van der Waals surface area contributed by atoms with Crippen LogP contribution in [-0.4, -0.2) is 46.1 Å². The fourth-order valence-corrected chi connectivity index (χ4v) is 6.01. The Morgan fingerprint density at radius 3 is 1.40 bits per heavy atom. The largest absolute Gasteiger partial charge is 0.394 e.